The number of pyridine rings is 1. The van der Waals surface area contributed by atoms with Crippen molar-refractivity contribution in [2.24, 2.45) is 0 Å². The molecule has 2 N–H and O–H groups in total. The number of benzene rings is 1. The Morgan fingerprint density at radius 3 is 2.63 bits per heavy atom. The number of nitrogens with one attached hydrogen (secondary N) is 2. The van der Waals surface area contributed by atoms with Crippen LogP contribution < -0.4 is 5.56 Å². The average molecular weight is 256 g/mol. The summed E-state index contributed by atoms with van der Waals surface area (Å²) in [6.07, 6.45) is 1.67. The molecule has 0 aliphatic rings. The quantitative estimate of drug-likeness (QED) is 0.539. The molecule has 0 saturated heterocycles. The summed E-state index contributed by atoms with van der Waals surface area (Å²) in [4.78, 5) is 24.3. The van der Waals surface area contributed by atoms with Crippen LogP contribution in [0.3, 0.4) is 0 Å². The van der Waals surface area contributed by atoms with Crippen LogP contribution in [0, 0.1) is 10.1 Å². The number of H-pyrrole nitrogens is 2. The number of fused-ring (bicyclic) bond motifs is 1. The zero-order valence-electron chi connectivity index (χ0n) is 9.58. The highest BCUT2D eigenvalue weighted by Gasteiger charge is 2.10. The minimum Gasteiger partial charge on any atom is -0.305 e. The second kappa shape index (κ2) is 4.05. The van der Waals surface area contributed by atoms with E-state index in [1.54, 1.807) is 18.3 Å². The molecule has 2 heterocycles. The molecule has 7 nitrogen and oxygen atoms in total. The van der Waals surface area contributed by atoms with Gasteiger partial charge in [0.25, 0.3) is 5.69 Å². The Bertz CT molecular complexity index is 817. The average Bonchev–Trinajstić information content (AvgIpc) is 2.85. The van der Waals surface area contributed by atoms with Gasteiger partial charge >= 0.3 is 0 Å². The second-order valence-electron chi connectivity index (χ2n) is 4.00. The van der Waals surface area contributed by atoms with Crippen molar-refractivity contribution in [3.05, 3.63) is 57.0 Å². The fourth-order valence-corrected chi connectivity index (χ4v) is 1.95. The Labute approximate surface area is 106 Å². The van der Waals surface area contributed by atoms with Crippen molar-refractivity contribution in [3.63, 3.8) is 0 Å². The molecule has 0 saturated carbocycles. The van der Waals surface area contributed by atoms with Crippen molar-refractivity contribution in [2.45, 2.75) is 0 Å². The highest BCUT2D eigenvalue weighted by atomic mass is 16.6. The number of nitrogens with zero attached hydrogens (tertiary/aromatic N) is 2. The van der Waals surface area contributed by atoms with E-state index in [4.69, 9.17) is 0 Å². The molecule has 7 heteroatoms. The van der Waals surface area contributed by atoms with E-state index >= 15 is 0 Å². The van der Waals surface area contributed by atoms with Crippen molar-refractivity contribution >= 4 is 16.7 Å². The number of nitro benzene ring substituents is 1. The van der Waals surface area contributed by atoms with Gasteiger partial charge in [0, 0.05) is 29.8 Å². The normalized spacial score (nSPS) is 10.7. The van der Waals surface area contributed by atoms with Crippen LogP contribution in [0.15, 0.2) is 41.3 Å². The Morgan fingerprint density at radius 2 is 1.95 bits per heavy atom. The lowest BCUT2D eigenvalue weighted by atomic mass is 10.0. The van der Waals surface area contributed by atoms with Gasteiger partial charge in [0.15, 0.2) is 5.65 Å². The molecule has 0 aliphatic carbocycles. The van der Waals surface area contributed by atoms with E-state index in [0.29, 0.717) is 11.2 Å². The lowest BCUT2D eigenvalue weighted by Gasteiger charge is -2.02. The van der Waals surface area contributed by atoms with E-state index in [2.05, 4.69) is 15.2 Å². The molecule has 0 fully saturated rings. The van der Waals surface area contributed by atoms with Gasteiger partial charge in [-0.3, -0.25) is 20.0 Å². The zero-order valence-corrected chi connectivity index (χ0v) is 9.58. The Hall–Kier alpha value is -2.96. The lowest BCUT2D eigenvalue weighted by Crippen LogP contribution is -2.04. The molecule has 94 valence electrons. The van der Waals surface area contributed by atoms with Crippen molar-refractivity contribution in [1.29, 1.82) is 0 Å². The van der Waals surface area contributed by atoms with Crippen LogP contribution in [0.5, 0.6) is 0 Å². The SMILES string of the molecule is O=c1cc(-c2ccc([N+](=O)[O-])cc2)c2c[nH]nc2[nH]1. The summed E-state index contributed by atoms with van der Waals surface area (Å²) in [5.41, 5.74) is 1.61. The van der Waals surface area contributed by atoms with Crippen molar-refractivity contribution in [3.8, 4) is 11.1 Å². The van der Waals surface area contributed by atoms with Crippen LogP contribution >= 0.6 is 0 Å². The van der Waals surface area contributed by atoms with Crippen molar-refractivity contribution in [2.75, 3.05) is 0 Å². The van der Waals surface area contributed by atoms with E-state index in [1.165, 1.54) is 18.2 Å². The van der Waals surface area contributed by atoms with Gasteiger partial charge < -0.3 is 4.98 Å². The number of rotatable bonds is 2. The van der Waals surface area contributed by atoms with Gasteiger partial charge in [-0.05, 0) is 23.3 Å². The monoisotopic (exact) mass is 256 g/mol. The number of aromatic nitrogens is 3. The van der Waals surface area contributed by atoms with E-state index in [0.717, 1.165) is 10.9 Å². The Morgan fingerprint density at radius 1 is 1.21 bits per heavy atom. The van der Waals surface area contributed by atoms with Crippen LogP contribution in [0.2, 0.25) is 0 Å². The fourth-order valence-electron chi connectivity index (χ4n) is 1.95. The third kappa shape index (κ3) is 1.86. The zero-order chi connectivity index (χ0) is 13.4. The van der Waals surface area contributed by atoms with E-state index < -0.39 is 4.92 Å². The van der Waals surface area contributed by atoms with E-state index in [-0.39, 0.29) is 11.2 Å². The molecule has 0 amide bonds. The summed E-state index contributed by atoms with van der Waals surface area (Å²) >= 11 is 0. The van der Waals surface area contributed by atoms with Crippen LogP contribution in [0.1, 0.15) is 0 Å². The van der Waals surface area contributed by atoms with Crippen molar-refractivity contribution in [1.82, 2.24) is 15.2 Å². The van der Waals surface area contributed by atoms with E-state index in [1.807, 2.05) is 0 Å². The lowest BCUT2D eigenvalue weighted by molar-refractivity contribution is -0.384. The maximum Gasteiger partial charge on any atom is 0.269 e. The summed E-state index contributed by atoms with van der Waals surface area (Å²) in [6, 6.07) is 7.47. The first-order chi connectivity index (χ1) is 9.15. The molecule has 0 bridgehead atoms. The summed E-state index contributed by atoms with van der Waals surface area (Å²) in [5.74, 6) is 0. The van der Waals surface area contributed by atoms with Gasteiger partial charge in [-0.1, -0.05) is 0 Å². The number of nitro groups is 1. The molecule has 0 aliphatic heterocycles. The number of aromatic amines is 2. The molecule has 3 rings (SSSR count). The second-order valence-corrected chi connectivity index (χ2v) is 4.00. The van der Waals surface area contributed by atoms with Crippen LogP contribution in [0.25, 0.3) is 22.2 Å². The van der Waals surface area contributed by atoms with Gasteiger partial charge in [-0.25, -0.2) is 0 Å². The smallest absolute Gasteiger partial charge is 0.269 e. The first kappa shape index (κ1) is 11.1. The minimum atomic E-state index is -0.463. The molecule has 2 aromatic heterocycles. The third-order valence-corrected chi connectivity index (χ3v) is 2.84. The third-order valence-electron chi connectivity index (χ3n) is 2.84. The molecule has 19 heavy (non-hydrogen) atoms. The van der Waals surface area contributed by atoms with Gasteiger partial charge in [0.2, 0.25) is 5.56 Å². The predicted molar refractivity (Wildman–Crippen MR) is 68.8 cm³/mol. The minimum absolute atomic E-state index is 0.0111. The Kier molecular flexibility index (Phi) is 2.38. The highest BCUT2D eigenvalue weighted by molar-refractivity contribution is 5.92. The molecule has 3 aromatic rings. The molecule has 1 aromatic carbocycles. The molecule has 0 unspecified atom stereocenters. The number of non-ortho nitro benzene ring substituents is 1. The molecular formula is C12H8N4O3. The molecule has 0 spiro atoms. The van der Waals surface area contributed by atoms with Gasteiger partial charge in [0.05, 0.1) is 4.92 Å². The highest BCUT2D eigenvalue weighted by Crippen LogP contribution is 2.26. The summed E-state index contributed by atoms with van der Waals surface area (Å²) < 4.78 is 0. The van der Waals surface area contributed by atoms with E-state index in [9.17, 15) is 14.9 Å². The predicted octanol–water partition coefficient (Wildman–Crippen LogP) is 1.83. The molecule has 0 atom stereocenters. The van der Waals surface area contributed by atoms with Crippen LogP contribution in [-0.4, -0.2) is 20.1 Å². The maximum absolute atomic E-state index is 11.5. The topological polar surface area (TPSA) is 105 Å². The number of hydrogen-bond acceptors (Lipinski definition) is 4. The first-order valence-corrected chi connectivity index (χ1v) is 5.47. The van der Waals surface area contributed by atoms with Gasteiger partial charge in [0.1, 0.15) is 0 Å². The van der Waals surface area contributed by atoms with Crippen LogP contribution in [-0.2, 0) is 0 Å². The largest absolute Gasteiger partial charge is 0.305 e. The fraction of sp³-hybridized carbons (Fsp3) is 0. The summed E-state index contributed by atoms with van der Waals surface area (Å²) in [6.45, 7) is 0. The maximum atomic E-state index is 11.5. The number of hydrogen-bond donors (Lipinski definition) is 2. The molecular weight excluding hydrogens is 248 g/mol. The van der Waals surface area contributed by atoms with Gasteiger partial charge in [-0.15, -0.1) is 0 Å². The first-order valence-electron chi connectivity index (χ1n) is 5.47. The Balaban J connectivity index is 2.21. The van der Waals surface area contributed by atoms with Gasteiger partial charge in [-0.2, -0.15) is 5.10 Å². The standard InChI is InChI=1S/C12H8N4O3/c17-11-5-9(10-6-13-15-12(10)14-11)7-1-3-8(4-2-7)16(18)19/h1-6H,(H2,13,14,15,17). The summed E-state index contributed by atoms with van der Waals surface area (Å²) in [7, 11) is 0. The van der Waals surface area contributed by atoms with Crippen LogP contribution in [0.4, 0.5) is 5.69 Å². The molecule has 0 radical (unpaired) electrons. The van der Waals surface area contributed by atoms with Crippen molar-refractivity contribution < 1.29 is 4.92 Å². The summed E-state index contributed by atoms with van der Waals surface area (Å²) in [5, 5.41) is 18.0.